The average Bonchev–Trinajstić information content (AvgIpc) is 2.90. The van der Waals surface area contributed by atoms with Crippen LogP contribution in [0.15, 0.2) is 36.5 Å². The van der Waals surface area contributed by atoms with Crippen LogP contribution in [0.5, 0.6) is 5.75 Å². The lowest BCUT2D eigenvalue weighted by atomic mass is 10.3. The number of hydrogen-bond acceptors (Lipinski definition) is 5. The maximum Gasteiger partial charge on any atom is 0.362 e. The normalized spacial score (nSPS) is 10.1. The number of amides is 1. The van der Waals surface area contributed by atoms with Crippen molar-refractivity contribution < 1.29 is 19.1 Å². The molecule has 1 aromatic carbocycles. The van der Waals surface area contributed by atoms with Gasteiger partial charge >= 0.3 is 5.97 Å². The van der Waals surface area contributed by atoms with Crippen LogP contribution in [0.2, 0.25) is 0 Å². The van der Waals surface area contributed by atoms with Crippen LogP contribution in [-0.2, 0) is 9.53 Å². The highest BCUT2D eigenvalue weighted by atomic mass is 16.5. The smallest absolute Gasteiger partial charge is 0.362 e. The monoisotopic (exact) mass is 289 g/mol. The van der Waals surface area contributed by atoms with Crippen molar-refractivity contribution in [2.45, 2.75) is 6.92 Å². The van der Waals surface area contributed by atoms with Crippen LogP contribution in [0.1, 0.15) is 17.4 Å². The van der Waals surface area contributed by atoms with Gasteiger partial charge in [0.15, 0.2) is 12.4 Å². The van der Waals surface area contributed by atoms with Crippen molar-refractivity contribution in [2.75, 3.05) is 13.2 Å². The van der Waals surface area contributed by atoms with Gasteiger partial charge in [0.05, 0.1) is 18.5 Å². The molecule has 0 aliphatic carbocycles. The molecule has 0 radical (unpaired) electrons. The summed E-state index contributed by atoms with van der Waals surface area (Å²) in [5.74, 6) is -1.11. The molecular weight excluding hydrogens is 274 g/mol. The van der Waals surface area contributed by atoms with Gasteiger partial charge in [-0.25, -0.2) is 9.48 Å². The number of carbonyl (C=O) groups is 2. The molecule has 7 heteroatoms. The van der Waals surface area contributed by atoms with E-state index in [0.717, 1.165) is 5.69 Å². The van der Waals surface area contributed by atoms with Crippen molar-refractivity contribution in [1.82, 2.24) is 9.78 Å². The van der Waals surface area contributed by atoms with Gasteiger partial charge in [-0.3, -0.25) is 4.79 Å². The predicted octanol–water partition coefficient (Wildman–Crippen LogP) is 0.913. The lowest BCUT2D eigenvalue weighted by Gasteiger charge is -2.02. The zero-order chi connectivity index (χ0) is 15.2. The van der Waals surface area contributed by atoms with Gasteiger partial charge in [-0.15, -0.1) is 0 Å². The quantitative estimate of drug-likeness (QED) is 0.797. The van der Waals surface area contributed by atoms with Crippen molar-refractivity contribution in [2.24, 2.45) is 5.73 Å². The largest absolute Gasteiger partial charge is 0.480 e. The number of nitrogens with zero attached hydrogens (tertiary/aromatic N) is 2. The Labute approximate surface area is 121 Å². The van der Waals surface area contributed by atoms with Crippen LogP contribution < -0.4 is 10.5 Å². The molecule has 0 bridgehead atoms. The van der Waals surface area contributed by atoms with Gasteiger partial charge in [0, 0.05) is 0 Å². The van der Waals surface area contributed by atoms with Gasteiger partial charge in [0.25, 0.3) is 5.91 Å². The van der Waals surface area contributed by atoms with E-state index >= 15 is 0 Å². The Kier molecular flexibility index (Phi) is 4.55. The molecule has 7 nitrogen and oxygen atoms in total. The molecule has 2 aromatic rings. The van der Waals surface area contributed by atoms with E-state index in [0.29, 0.717) is 0 Å². The lowest BCUT2D eigenvalue weighted by molar-refractivity contribution is -0.119. The van der Waals surface area contributed by atoms with Crippen molar-refractivity contribution in [1.29, 1.82) is 0 Å². The Morgan fingerprint density at radius 3 is 2.62 bits per heavy atom. The van der Waals surface area contributed by atoms with E-state index in [2.05, 4.69) is 5.10 Å². The summed E-state index contributed by atoms with van der Waals surface area (Å²) in [7, 11) is 0. The Morgan fingerprint density at radius 1 is 1.29 bits per heavy atom. The van der Waals surface area contributed by atoms with Crippen LogP contribution in [0, 0.1) is 0 Å². The molecule has 1 heterocycles. The van der Waals surface area contributed by atoms with Crippen molar-refractivity contribution in [3.05, 3.63) is 42.2 Å². The summed E-state index contributed by atoms with van der Waals surface area (Å²) in [6.45, 7) is 1.56. The van der Waals surface area contributed by atoms with Gasteiger partial charge in [-0.05, 0) is 19.1 Å². The second kappa shape index (κ2) is 6.56. The number of nitrogens with two attached hydrogens (primary N) is 1. The number of primary amides is 1. The molecule has 0 spiro atoms. The number of rotatable bonds is 6. The number of ether oxygens (including phenoxy) is 2. The minimum Gasteiger partial charge on any atom is -0.480 e. The van der Waals surface area contributed by atoms with Gasteiger partial charge < -0.3 is 15.2 Å². The molecule has 21 heavy (non-hydrogen) atoms. The molecule has 0 unspecified atom stereocenters. The average molecular weight is 289 g/mol. The number of hydrogen-bond donors (Lipinski definition) is 1. The van der Waals surface area contributed by atoms with E-state index in [1.807, 2.05) is 30.3 Å². The summed E-state index contributed by atoms with van der Waals surface area (Å²) < 4.78 is 11.6. The fraction of sp³-hybridized carbons (Fsp3) is 0.214. The third kappa shape index (κ3) is 3.59. The molecule has 1 amide bonds. The molecule has 0 fully saturated rings. The van der Waals surface area contributed by atoms with Gasteiger partial charge in [0.1, 0.15) is 0 Å². The van der Waals surface area contributed by atoms with E-state index in [1.165, 1.54) is 10.9 Å². The van der Waals surface area contributed by atoms with E-state index in [-0.39, 0.29) is 24.7 Å². The third-order valence-electron chi connectivity index (χ3n) is 2.54. The maximum atomic E-state index is 11.9. The summed E-state index contributed by atoms with van der Waals surface area (Å²) in [6, 6.07) is 9.18. The van der Waals surface area contributed by atoms with Crippen LogP contribution in [0.3, 0.4) is 0 Å². The minimum atomic E-state index is -0.641. The fourth-order valence-corrected chi connectivity index (χ4v) is 1.67. The molecule has 0 aliphatic heterocycles. The first-order valence-corrected chi connectivity index (χ1v) is 6.35. The summed E-state index contributed by atoms with van der Waals surface area (Å²) in [6.07, 6.45) is 1.50. The Morgan fingerprint density at radius 2 is 2.00 bits per heavy atom. The summed E-state index contributed by atoms with van der Waals surface area (Å²) >= 11 is 0. The Hall–Kier alpha value is -2.83. The SMILES string of the molecule is CCOC(=O)c1nn(-c2ccccc2)cc1OCC(N)=O. The number of benzene rings is 1. The zero-order valence-electron chi connectivity index (χ0n) is 11.5. The first kappa shape index (κ1) is 14.6. The van der Waals surface area contributed by atoms with Crippen molar-refractivity contribution in [3.63, 3.8) is 0 Å². The molecule has 2 N–H and O–H groups in total. The number of carbonyl (C=O) groups excluding carboxylic acids is 2. The van der Waals surface area contributed by atoms with Gasteiger partial charge in [-0.2, -0.15) is 5.10 Å². The zero-order valence-corrected chi connectivity index (χ0v) is 11.5. The summed E-state index contributed by atoms with van der Waals surface area (Å²) in [5.41, 5.74) is 5.78. The van der Waals surface area contributed by atoms with Crippen LogP contribution in [-0.4, -0.2) is 34.9 Å². The first-order chi connectivity index (χ1) is 10.1. The third-order valence-corrected chi connectivity index (χ3v) is 2.54. The highest BCUT2D eigenvalue weighted by molar-refractivity contribution is 5.90. The van der Waals surface area contributed by atoms with Crippen molar-refractivity contribution >= 4 is 11.9 Å². The highest BCUT2D eigenvalue weighted by Crippen LogP contribution is 2.20. The lowest BCUT2D eigenvalue weighted by Crippen LogP contribution is -2.20. The Balaban J connectivity index is 2.34. The van der Waals surface area contributed by atoms with Crippen molar-refractivity contribution in [3.8, 4) is 11.4 Å². The maximum absolute atomic E-state index is 11.9. The standard InChI is InChI=1S/C14H15N3O4/c1-2-20-14(19)13-11(21-9-12(15)18)8-17(16-13)10-6-4-3-5-7-10/h3-8H,2,9H2,1H3,(H2,15,18). The number of para-hydroxylation sites is 1. The summed E-state index contributed by atoms with van der Waals surface area (Å²) in [5, 5.41) is 4.14. The van der Waals surface area contributed by atoms with Crippen LogP contribution in [0.25, 0.3) is 5.69 Å². The number of esters is 1. The predicted molar refractivity (Wildman–Crippen MR) is 74.2 cm³/mol. The molecule has 110 valence electrons. The topological polar surface area (TPSA) is 96.4 Å². The van der Waals surface area contributed by atoms with E-state index < -0.39 is 11.9 Å². The highest BCUT2D eigenvalue weighted by Gasteiger charge is 2.20. The van der Waals surface area contributed by atoms with E-state index in [4.69, 9.17) is 15.2 Å². The van der Waals surface area contributed by atoms with Gasteiger partial charge in [0.2, 0.25) is 5.69 Å². The van der Waals surface area contributed by atoms with E-state index in [1.54, 1.807) is 6.92 Å². The summed E-state index contributed by atoms with van der Waals surface area (Å²) in [4.78, 5) is 22.7. The van der Waals surface area contributed by atoms with Gasteiger partial charge in [-0.1, -0.05) is 18.2 Å². The minimum absolute atomic E-state index is 0.00181. The number of aromatic nitrogens is 2. The van der Waals surface area contributed by atoms with Crippen LogP contribution in [0.4, 0.5) is 0 Å². The van der Waals surface area contributed by atoms with Crippen LogP contribution >= 0.6 is 0 Å². The molecule has 2 rings (SSSR count). The molecule has 0 atom stereocenters. The van der Waals surface area contributed by atoms with E-state index in [9.17, 15) is 9.59 Å². The fourth-order valence-electron chi connectivity index (χ4n) is 1.67. The molecular formula is C14H15N3O4. The molecule has 0 saturated carbocycles. The second-order valence-electron chi connectivity index (χ2n) is 4.10. The molecule has 0 aliphatic rings. The molecule has 0 saturated heterocycles. The first-order valence-electron chi connectivity index (χ1n) is 6.35. The second-order valence-corrected chi connectivity index (χ2v) is 4.10. The Bertz CT molecular complexity index is 637. The molecule has 1 aromatic heterocycles.